The average Bonchev–Trinajstić information content (AvgIpc) is 2.91. The Morgan fingerprint density at radius 3 is 2.60 bits per heavy atom. The van der Waals surface area contributed by atoms with Crippen molar-refractivity contribution < 1.29 is 13.2 Å². The maximum Gasteiger partial charge on any atom is 0.242 e. The van der Waals surface area contributed by atoms with Gasteiger partial charge in [0, 0.05) is 11.7 Å². The normalized spacial score (nSPS) is 16.8. The van der Waals surface area contributed by atoms with E-state index < -0.39 is 10.0 Å². The molecule has 3 rings (SSSR count). The van der Waals surface area contributed by atoms with Crippen LogP contribution in [0.25, 0.3) is 0 Å². The van der Waals surface area contributed by atoms with Gasteiger partial charge < -0.3 is 4.90 Å². The summed E-state index contributed by atoms with van der Waals surface area (Å²) in [7, 11) is -3.72. The summed E-state index contributed by atoms with van der Waals surface area (Å²) in [6.45, 7) is 5.50. The minimum Gasteiger partial charge on any atom is -0.308 e. The van der Waals surface area contributed by atoms with Crippen LogP contribution in [0, 0.1) is 13.8 Å². The van der Waals surface area contributed by atoms with E-state index in [1.807, 2.05) is 45.0 Å². The Hall–Kier alpha value is -2.18. The second-order valence-corrected chi connectivity index (χ2v) is 8.28. The van der Waals surface area contributed by atoms with Crippen LogP contribution < -0.4 is 9.62 Å². The van der Waals surface area contributed by atoms with Crippen LogP contribution in [0.2, 0.25) is 0 Å². The highest BCUT2D eigenvalue weighted by molar-refractivity contribution is 7.89. The summed E-state index contributed by atoms with van der Waals surface area (Å²) in [6, 6.07) is 12.7. The molecule has 0 fully saturated rings. The Labute approximate surface area is 148 Å². The molecule has 0 saturated carbocycles. The number of sulfonamides is 1. The molecule has 0 radical (unpaired) electrons. The Morgan fingerprint density at radius 1 is 1.16 bits per heavy atom. The van der Waals surface area contributed by atoms with Crippen LogP contribution in [0.1, 0.15) is 23.6 Å². The Balaban J connectivity index is 1.75. The predicted octanol–water partition coefficient (Wildman–Crippen LogP) is 2.56. The van der Waals surface area contributed by atoms with Gasteiger partial charge in [-0.05, 0) is 62.1 Å². The van der Waals surface area contributed by atoms with Gasteiger partial charge in [0.1, 0.15) is 0 Å². The van der Waals surface area contributed by atoms with Gasteiger partial charge in [-0.2, -0.15) is 0 Å². The number of carbonyl (C=O) groups is 1. The summed E-state index contributed by atoms with van der Waals surface area (Å²) in [6.07, 6.45) is 0.784. The zero-order valence-corrected chi connectivity index (χ0v) is 15.4. The molecule has 5 nitrogen and oxygen atoms in total. The number of fused-ring (bicyclic) bond motifs is 1. The molecule has 1 amide bonds. The molecule has 2 aromatic rings. The minimum absolute atomic E-state index is 0.0241. The molecule has 132 valence electrons. The lowest BCUT2D eigenvalue weighted by Gasteiger charge is -2.23. The molecule has 25 heavy (non-hydrogen) atoms. The molecule has 1 heterocycles. The van der Waals surface area contributed by atoms with E-state index in [0.717, 1.165) is 28.8 Å². The van der Waals surface area contributed by atoms with Crippen LogP contribution in [0.3, 0.4) is 0 Å². The monoisotopic (exact) mass is 358 g/mol. The van der Waals surface area contributed by atoms with Crippen molar-refractivity contribution in [3.8, 4) is 0 Å². The zero-order valence-electron chi connectivity index (χ0n) is 14.6. The van der Waals surface area contributed by atoms with E-state index in [4.69, 9.17) is 0 Å². The van der Waals surface area contributed by atoms with Crippen molar-refractivity contribution in [2.24, 2.45) is 0 Å². The van der Waals surface area contributed by atoms with E-state index in [9.17, 15) is 13.2 Å². The Bertz CT molecular complexity index is 922. The standard InChI is InChI=1S/C19H22N2O3S/c1-13-8-9-17(10-14(13)2)25(23,24)20-12-19(22)21-15(3)11-16-6-4-5-7-18(16)21/h4-10,15,20H,11-12H2,1-3H3. The van der Waals surface area contributed by atoms with E-state index in [1.165, 1.54) is 0 Å². The third kappa shape index (κ3) is 3.45. The third-order valence-corrected chi connectivity index (χ3v) is 6.08. The molecule has 0 spiro atoms. The van der Waals surface area contributed by atoms with Gasteiger partial charge in [-0.3, -0.25) is 4.79 Å². The molecular weight excluding hydrogens is 336 g/mol. The van der Waals surface area contributed by atoms with Crippen molar-refractivity contribution >= 4 is 21.6 Å². The number of benzene rings is 2. The number of nitrogens with one attached hydrogen (secondary N) is 1. The lowest BCUT2D eigenvalue weighted by molar-refractivity contribution is -0.117. The topological polar surface area (TPSA) is 66.5 Å². The Morgan fingerprint density at radius 2 is 1.88 bits per heavy atom. The fourth-order valence-electron chi connectivity index (χ4n) is 3.15. The van der Waals surface area contributed by atoms with E-state index in [2.05, 4.69) is 4.72 Å². The molecule has 0 aromatic heterocycles. The Kier molecular flexibility index (Phi) is 4.67. The largest absolute Gasteiger partial charge is 0.308 e. The number of hydrogen-bond acceptors (Lipinski definition) is 3. The van der Waals surface area contributed by atoms with Gasteiger partial charge in [0.15, 0.2) is 0 Å². The van der Waals surface area contributed by atoms with Gasteiger partial charge >= 0.3 is 0 Å². The molecule has 1 unspecified atom stereocenters. The highest BCUT2D eigenvalue weighted by Crippen LogP contribution is 2.31. The molecule has 2 aromatic carbocycles. The number of hydrogen-bond donors (Lipinski definition) is 1. The van der Waals surface area contributed by atoms with Crippen molar-refractivity contribution in [2.45, 2.75) is 38.1 Å². The smallest absolute Gasteiger partial charge is 0.242 e. The van der Waals surface area contributed by atoms with Gasteiger partial charge in [-0.25, -0.2) is 13.1 Å². The molecule has 6 heteroatoms. The number of aryl methyl sites for hydroxylation is 2. The SMILES string of the molecule is Cc1ccc(S(=O)(=O)NCC(=O)N2c3ccccc3CC2C)cc1C. The molecule has 0 saturated heterocycles. The molecular formula is C19H22N2O3S. The van der Waals surface area contributed by atoms with Crippen molar-refractivity contribution in [3.05, 3.63) is 59.2 Å². The summed E-state index contributed by atoms with van der Waals surface area (Å²) in [5.41, 5.74) is 3.90. The van der Waals surface area contributed by atoms with E-state index in [0.29, 0.717) is 0 Å². The summed E-state index contributed by atoms with van der Waals surface area (Å²) in [5, 5.41) is 0. The maximum atomic E-state index is 12.6. The number of carbonyl (C=O) groups excluding carboxylic acids is 1. The fraction of sp³-hybridized carbons (Fsp3) is 0.316. The van der Waals surface area contributed by atoms with Crippen LogP contribution in [-0.2, 0) is 21.2 Å². The van der Waals surface area contributed by atoms with Gasteiger partial charge in [0.25, 0.3) is 0 Å². The van der Waals surface area contributed by atoms with Crippen molar-refractivity contribution in [2.75, 3.05) is 11.4 Å². The van der Waals surface area contributed by atoms with Crippen molar-refractivity contribution in [1.29, 1.82) is 0 Å². The highest BCUT2D eigenvalue weighted by Gasteiger charge is 2.31. The summed E-state index contributed by atoms with van der Waals surface area (Å²) >= 11 is 0. The lowest BCUT2D eigenvalue weighted by atomic mass is 10.1. The summed E-state index contributed by atoms with van der Waals surface area (Å²) < 4.78 is 27.4. The van der Waals surface area contributed by atoms with Gasteiger partial charge in [0.05, 0.1) is 11.4 Å². The van der Waals surface area contributed by atoms with Gasteiger partial charge in [-0.1, -0.05) is 24.3 Å². The summed E-state index contributed by atoms with van der Waals surface area (Å²) in [5.74, 6) is -0.246. The number of anilines is 1. The fourth-order valence-corrected chi connectivity index (χ4v) is 4.21. The number of nitrogens with zero attached hydrogens (tertiary/aromatic N) is 1. The minimum atomic E-state index is -3.72. The number of para-hydroxylation sites is 1. The lowest BCUT2D eigenvalue weighted by Crippen LogP contribution is -2.43. The van der Waals surface area contributed by atoms with Crippen LogP contribution in [0.15, 0.2) is 47.4 Å². The van der Waals surface area contributed by atoms with Gasteiger partial charge in [-0.15, -0.1) is 0 Å². The quantitative estimate of drug-likeness (QED) is 0.913. The van der Waals surface area contributed by atoms with Crippen LogP contribution in [0.5, 0.6) is 0 Å². The average molecular weight is 358 g/mol. The predicted molar refractivity (Wildman–Crippen MR) is 98.2 cm³/mol. The van der Waals surface area contributed by atoms with E-state index >= 15 is 0 Å². The van der Waals surface area contributed by atoms with E-state index in [-0.39, 0.29) is 23.4 Å². The summed E-state index contributed by atoms with van der Waals surface area (Å²) in [4.78, 5) is 14.5. The molecule has 1 aliphatic rings. The first-order chi connectivity index (χ1) is 11.8. The van der Waals surface area contributed by atoms with Crippen molar-refractivity contribution in [3.63, 3.8) is 0 Å². The van der Waals surface area contributed by atoms with Gasteiger partial charge in [0.2, 0.25) is 15.9 Å². The first-order valence-electron chi connectivity index (χ1n) is 8.26. The maximum absolute atomic E-state index is 12.6. The van der Waals surface area contributed by atoms with Crippen LogP contribution in [-0.4, -0.2) is 26.9 Å². The first-order valence-corrected chi connectivity index (χ1v) is 9.75. The third-order valence-electron chi connectivity index (χ3n) is 4.68. The molecule has 1 aliphatic heterocycles. The molecule has 1 atom stereocenters. The van der Waals surface area contributed by atoms with Crippen LogP contribution >= 0.6 is 0 Å². The number of amides is 1. The van der Waals surface area contributed by atoms with E-state index in [1.54, 1.807) is 23.1 Å². The van der Waals surface area contributed by atoms with Crippen LogP contribution in [0.4, 0.5) is 5.69 Å². The second-order valence-electron chi connectivity index (χ2n) is 6.52. The number of rotatable bonds is 4. The highest BCUT2D eigenvalue weighted by atomic mass is 32.2. The zero-order chi connectivity index (χ0) is 18.2. The molecule has 1 N–H and O–H groups in total. The first kappa shape index (κ1) is 17.6. The molecule has 0 aliphatic carbocycles. The van der Waals surface area contributed by atoms with Crippen molar-refractivity contribution in [1.82, 2.24) is 4.72 Å². The molecule has 0 bridgehead atoms. The second kappa shape index (κ2) is 6.61.